The van der Waals surface area contributed by atoms with Crippen molar-refractivity contribution in [2.24, 2.45) is 16.5 Å². The van der Waals surface area contributed by atoms with Gasteiger partial charge in [-0.15, -0.1) is 0 Å². The van der Waals surface area contributed by atoms with Gasteiger partial charge < -0.3 is 10.1 Å². The molecule has 0 bridgehead atoms. The molecule has 1 saturated heterocycles. The van der Waals surface area contributed by atoms with Crippen LogP contribution >= 0.6 is 15.9 Å². The zero-order chi connectivity index (χ0) is 15.4. The number of halogens is 1. The highest BCUT2D eigenvalue weighted by atomic mass is 79.9. The van der Waals surface area contributed by atoms with Gasteiger partial charge >= 0.3 is 0 Å². The Morgan fingerprint density at radius 1 is 1.43 bits per heavy atom. The largest absolute Gasteiger partial charge is 0.380 e. The van der Waals surface area contributed by atoms with E-state index in [0.717, 1.165) is 18.7 Å². The Labute approximate surface area is 133 Å². The Balaban J connectivity index is 1.83. The lowest BCUT2D eigenvalue weighted by molar-refractivity contribution is -0.0923. The SMILES string of the molecule is CC1(C)C(Nc2ccc(S(N)(=O)=O)cc2Br)C2CCOC21. The molecule has 3 N–H and O–H groups in total. The average molecular weight is 375 g/mol. The summed E-state index contributed by atoms with van der Waals surface area (Å²) in [7, 11) is -3.68. The summed E-state index contributed by atoms with van der Waals surface area (Å²) in [5.41, 5.74) is 0.949. The van der Waals surface area contributed by atoms with Crippen molar-refractivity contribution in [1.29, 1.82) is 0 Å². The number of primary sulfonamides is 1. The first-order valence-corrected chi connectivity index (χ1v) is 9.25. The smallest absolute Gasteiger partial charge is 0.238 e. The maximum Gasteiger partial charge on any atom is 0.238 e. The molecule has 0 radical (unpaired) electrons. The Hall–Kier alpha value is -0.630. The molecule has 3 unspecified atom stereocenters. The van der Waals surface area contributed by atoms with Crippen LogP contribution in [0.25, 0.3) is 0 Å². The van der Waals surface area contributed by atoms with Crippen molar-refractivity contribution in [2.75, 3.05) is 11.9 Å². The van der Waals surface area contributed by atoms with Crippen LogP contribution in [-0.2, 0) is 14.8 Å². The molecule has 3 atom stereocenters. The molecule has 21 heavy (non-hydrogen) atoms. The van der Waals surface area contributed by atoms with Gasteiger partial charge in [-0.1, -0.05) is 13.8 Å². The normalized spacial score (nSPS) is 30.6. The quantitative estimate of drug-likeness (QED) is 0.850. The monoisotopic (exact) mass is 374 g/mol. The molecule has 116 valence electrons. The zero-order valence-corrected chi connectivity index (χ0v) is 14.4. The predicted molar refractivity (Wildman–Crippen MR) is 84.6 cm³/mol. The van der Waals surface area contributed by atoms with E-state index < -0.39 is 10.0 Å². The molecule has 7 heteroatoms. The van der Waals surface area contributed by atoms with Crippen LogP contribution in [0, 0.1) is 11.3 Å². The third-order valence-corrected chi connectivity index (χ3v) is 6.25. The summed E-state index contributed by atoms with van der Waals surface area (Å²) in [5.74, 6) is 0.518. The van der Waals surface area contributed by atoms with E-state index in [1.807, 2.05) is 0 Å². The van der Waals surface area contributed by atoms with E-state index in [9.17, 15) is 8.42 Å². The first kappa shape index (κ1) is 15.3. The lowest BCUT2D eigenvalue weighted by Gasteiger charge is -2.55. The second kappa shape index (κ2) is 4.94. The van der Waals surface area contributed by atoms with Gasteiger partial charge in [0.25, 0.3) is 0 Å². The van der Waals surface area contributed by atoms with E-state index in [1.165, 1.54) is 12.1 Å². The standard InChI is InChI=1S/C14H19BrN2O3S/c1-14(2)12(9-5-6-20-13(9)14)17-11-4-3-8(7-10(11)15)21(16,18)19/h3-4,7,9,12-13,17H,5-6H2,1-2H3,(H2,16,18,19). The van der Waals surface area contributed by atoms with Crippen molar-refractivity contribution in [3.05, 3.63) is 22.7 Å². The molecule has 1 aromatic carbocycles. The highest BCUT2D eigenvalue weighted by Crippen LogP contribution is 2.53. The topological polar surface area (TPSA) is 81.4 Å². The maximum atomic E-state index is 11.4. The van der Waals surface area contributed by atoms with Crippen molar-refractivity contribution < 1.29 is 13.2 Å². The number of hydrogen-bond acceptors (Lipinski definition) is 4. The van der Waals surface area contributed by atoms with E-state index in [2.05, 4.69) is 35.1 Å². The number of ether oxygens (including phenoxy) is 1. The minimum atomic E-state index is -3.68. The maximum absolute atomic E-state index is 11.4. The van der Waals surface area contributed by atoms with Crippen molar-refractivity contribution >= 4 is 31.6 Å². The lowest BCUT2D eigenvalue weighted by atomic mass is 9.57. The van der Waals surface area contributed by atoms with Gasteiger partial charge in [-0.2, -0.15) is 0 Å². The summed E-state index contributed by atoms with van der Waals surface area (Å²) in [5, 5.41) is 8.67. The number of nitrogens with two attached hydrogens (primary N) is 1. The number of sulfonamides is 1. The molecular formula is C14H19BrN2O3S. The molecule has 0 amide bonds. The van der Waals surface area contributed by atoms with E-state index in [4.69, 9.17) is 9.88 Å². The van der Waals surface area contributed by atoms with Gasteiger partial charge in [0.15, 0.2) is 0 Å². The predicted octanol–water partition coefficient (Wildman–Crippen LogP) is 2.32. The second-order valence-corrected chi connectivity index (χ2v) is 8.79. The highest BCUT2D eigenvalue weighted by molar-refractivity contribution is 9.10. The average Bonchev–Trinajstić information content (AvgIpc) is 2.82. The number of anilines is 1. The number of fused-ring (bicyclic) bond motifs is 1. The van der Waals surface area contributed by atoms with Gasteiger partial charge in [0.05, 0.1) is 11.0 Å². The molecular weight excluding hydrogens is 356 g/mol. The number of rotatable bonds is 3. The summed E-state index contributed by atoms with van der Waals surface area (Å²) >= 11 is 3.42. The molecule has 0 spiro atoms. The van der Waals surface area contributed by atoms with Gasteiger partial charge in [-0.25, -0.2) is 13.6 Å². The van der Waals surface area contributed by atoms with Crippen LogP contribution in [0.3, 0.4) is 0 Å². The molecule has 1 saturated carbocycles. The lowest BCUT2D eigenvalue weighted by Crippen LogP contribution is -2.63. The van der Waals surface area contributed by atoms with Crippen LogP contribution in [-0.4, -0.2) is 27.2 Å². The summed E-state index contributed by atoms with van der Waals surface area (Å²) < 4.78 is 29.2. The van der Waals surface area contributed by atoms with E-state index in [-0.39, 0.29) is 10.3 Å². The third kappa shape index (κ3) is 2.50. The van der Waals surface area contributed by atoms with E-state index in [1.54, 1.807) is 6.07 Å². The molecule has 1 aromatic rings. The fourth-order valence-corrected chi connectivity index (χ4v) is 4.76. The summed E-state index contributed by atoms with van der Waals surface area (Å²) in [6, 6.07) is 5.13. The number of nitrogens with one attached hydrogen (secondary N) is 1. The third-order valence-electron chi connectivity index (χ3n) is 4.68. The van der Waals surface area contributed by atoms with Crippen LogP contribution in [0.1, 0.15) is 20.3 Å². The minimum absolute atomic E-state index is 0.0687. The molecule has 1 aliphatic heterocycles. The number of benzene rings is 1. The van der Waals surface area contributed by atoms with Crippen LogP contribution in [0.5, 0.6) is 0 Å². The molecule has 5 nitrogen and oxygen atoms in total. The summed E-state index contributed by atoms with van der Waals surface area (Å²) in [6.45, 7) is 5.22. The molecule has 0 aromatic heterocycles. The van der Waals surface area contributed by atoms with Crippen LogP contribution in [0.15, 0.2) is 27.6 Å². The Bertz CT molecular complexity index is 675. The zero-order valence-electron chi connectivity index (χ0n) is 12.0. The van der Waals surface area contributed by atoms with Gasteiger partial charge in [-0.05, 0) is 40.5 Å². The highest BCUT2D eigenvalue weighted by Gasteiger charge is 2.59. The van der Waals surface area contributed by atoms with Crippen LogP contribution < -0.4 is 10.5 Å². The van der Waals surface area contributed by atoms with Gasteiger partial charge in [0, 0.05) is 34.1 Å². The Morgan fingerprint density at radius 2 is 2.14 bits per heavy atom. The van der Waals surface area contributed by atoms with Crippen molar-refractivity contribution in [2.45, 2.75) is 37.3 Å². The Kier molecular flexibility index (Phi) is 3.59. The van der Waals surface area contributed by atoms with Crippen LogP contribution in [0.2, 0.25) is 0 Å². The molecule has 1 heterocycles. The van der Waals surface area contributed by atoms with Gasteiger partial charge in [0.2, 0.25) is 10.0 Å². The summed E-state index contributed by atoms with van der Waals surface area (Å²) in [6.07, 6.45) is 1.39. The Morgan fingerprint density at radius 3 is 2.76 bits per heavy atom. The molecule has 3 rings (SSSR count). The first-order chi connectivity index (χ1) is 9.71. The van der Waals surface area contributed by atoms with Crippen molar-refractivity contribution in [3.8, 4) is 0 Å². The minimum Gasteiger partial charge on any atom is -0.380 e. The summed E-state index contributed by atoms with van der Waals surface area (Å²) in [4.78, 5) is 0.106. The molecule has 1 aliphatic carbocycles. The fraction of sp³-hybridized carbons (Fsp3) is 0.571. The second-order valence-electron chi connectivity index (χ2n) is 6.37. The fourth-order valence-electron chi connectivity index (χ4n) is 3.57. The molecule has 2 fully saturated rings. The van der Waals surface area contributed by atoms with Crippen molar-refractivity contribution in [3.63, 3.8) is 0 Å². The van der Waals surface area contributed by atoms with E-state index >= 15 is 0 Å². The van der Waals surface area contributed by atoms with E-state index in [0.29, 0.717) is 22.5 Å². The van der Waals surface area contributed by atoms with Gasteiger partial charge in [0.1, 0.15) is 0 Å². The van der Waals surface area contributed by atoms with Gasteiger partial charge in [-0.3, -0.25) is 0 Å². The number of hydrogen-bond donors (Lipinski definition) is 2. The first-order valence-electron chi connectivity index (χ1n) is 6.92. The molecule has 2 aliphatic rings. The van der Waals surface area contributed by atoms with Crippen LogP contribution in [0.4, 0.5) is 5.69 Å². The van der Waals surface area contributed by atoms with Crippen molar-refractivity contribution in [1.82, 2.24) is 0 Å².